The zero-order valence-corrected chi connectivity index (χ0v) is 18.5. The highest BCUT2D eigenvalue weighted by molar-refractivity contribution is 6.04. The summed E-state index contributed by atoms with van der Waals surface area (Å²) < 4.78 is 5.06. The Hall–Kier alpha value is -3.62. The Bertz CT molecular complexity index is 1180. The maximum absolute atomic E-state index is 13.5. The van der Waals surface area contributed by atoms with E-state index in [1.807, 2.05) is 26.8 Å². The summed E-state index contributed by atoms with van der Waals surface area (Å²) in [5.74, 6) is 1.49. The lowest BCUT2D eigenvalue weighted by molar-refractivity contribution is -0.125. The first-order chi connectivity index (χ1) is 15.3. The molecule has 2 fully saturated rings. The highest BCUT2D eigenvalue weighted by Gasteiger charge is 2.52. The molecule has 32 heavy (non-hydrogen) atoms. The third-order valence-corrected chi connectivity index (χ3v) is 6.40. The minimum absolute atomic E-state index is 0.00780. The van der Waals surface area contributed by atoms with Gasteiger partial charge in [-0.3, -0.25) is 19.6 Å². The molecule has 0 N–H and O–H groups in total. The first-order valence-corrected chi connectivity index (χ1v) is 10.6. The highest BCUT2D eigenvalue weighted by atomic mass is 16.6. The number of ether oxygens (including phenoxy) is 1. The number of anilines is 2. The first-order valence-electron chi connectivity index (χ1n) is 10.6. The molecule has 3 aliphatic rings. The average Bonchev–Trinajstić information content (AvgIpc) is 3.28. The number of amides is 2. The first kappa shape index (κ1) is 20.3. The maximum Gasteiger partial charge on any atom is 0.415 e. The molecule has 9 heteroatoms. The molecule has 0 spiro atoms. The summed E-state index contributed by atoms with van der Waals surface area (Å²) in [6.07, 6.45) is 9.58. The lowest BCUT2D eigenvalue weighted by atomic mass is 9.75. The second-order valence-electron chi connectivity index (χ2n) is 8.80. The molecule has 0 radical (unpaired) electrons. The van der Waals surface area contributed by atoms with Gasteiger partial charge in [-0.05, 0) is 31.9 Å². The SMILES string of the molecule is Cc1ncc(C2=CCC3C(=C2)N(c2cnc(C)c(N4CCOC4=O)n2)C(=O)C3(C)C)cn1. The van der Waals surface area contributed by atoms with E-state index in [0.717, 1.165) is 23.3 Å². The number of fused-ring (bicyclic) bond motifs is 1. The predicted molar refractivity (Wildman–Crippen MR) is 118 cm³/mol. The number of carbonyl (C=O) groups is 2. The molecule has 0 saturated carbocycles. The van der Waals surface area contributed by atoms with Crippen molar-refractivity contribution < 1.29 is 14.3 Å². The van der Waals surface area contributed by atoms with Crippen LogP contribution in [0, 0.1) is 25.2 Å². The van der Waals surface area contributed by atoms with Gasteiger partial charge in [-0.25, -0.2) is 19.7 Å². The van der Waals surface area contributed by atoms with Crippen LogP contribution in [0.5, 0.6) is 0 Å². The Balaban J connectivity index is 1.58. The summed E-state index contributed by atoms with van der Waals surface area (Å²) in [6.45, 7) is 8.26. The van der Waals surface area contributed by atoms with Crippen molar-refractivity contribution in [3.8, 4) is 0 Å². The molecular formula is C23H24N6O3. The summed E-state index contributed by atoms with van der Waals surface area (Å²) in [5.41, 5.74) is 2.73. The molecule has 0 bridgehead atoms. The van der Waals surface area contributed by atoms with Gasteiger partial charge in [0.05, 0.1) is 23.9 Å². The molecule has 1 atom stereocenters. The zero-order chi connectivity index (χ0) is 22.6. The van der Waals surface area contributed by atoms with Crippen LogP contribution in [-0.2, 0) is 9.53 Å². The summed E-state index contributed by atoms with van der Waals surface area (Å²) in [7, 11) is 0. The van der Waals surface area contributed by atoms with Crippen LogP contribution in [0.15, 0.2) is 36.4 Å². The minimum atomic E-state index is -0.600. The second kappa shape index (κ2) is 7.22. The number of cyclic esters (lactones) is 1. The number of nitrogens with zero attached hydrogens (tertiary/aromatic N) is 6. The van der Waals surface area contributed by atoms with Gasteiger partial charge in [0.25, 0.3) is 0 Å². The minimum Gasteiger partial charge on any atom is -0.447 e. The number of aromatic nitrogens is 4. The van der Waals surface area contributed by atoms with E-state index in [1.165, 1.54) is 4.90 Å². The summed E-state index contributed by atoms with van der Waals surface area (Å²) in [6, 6.07) is 0. The van der Waals surface area contributed by atoms with Crippen LogP contribution in [-0.4, -0.2) is 45.1 Å². The second-order valence-corrected chi connectivity index (χ2v) is 8.80. The van der Waals surface area contributed by atoms with Crippen molar-refractivity contribution in [2.75, 3.05) is 23.0 Å². The Kier molecular flexibility index (Phi) is 4.58. The van der Waals surface area contributed by atoms with E-state index in [1.54, 1.807) is 30.4 Å². The van der Waals surface area contributed by atoms with Crippen molar-refractivity contribution in [1.82, 2.24) is 19.9 Å². The van der Waals surface area contributed by atoms with E-state index >= 15 is 0 Å². The van der Waals surface area contributed by atoms with Crippen LogP contribution in [0.3, 0.4) is 0 Å². The van der Waals surface area contributed by atoms with Gasteiger partial charge in [-0.2, -0.15) is 0 Å². The van der Waals surface area contributed by atoms with E-state index in [-0.39, 0.29) is 11.8 Å². The monoisotopic (exact) mass is 432 g/mol. The lowest BCUT2D eigenvalue weighted by Gasteiger charge is -2.26. The van der Waals surface area contributed by atoms with Crippen LogP contribution < -0.4 is 9.80 Å². The summed E-state index contributed by atoms with van der Waals surface area (Å²) in [5, 5.41) is 0. The quantitative estimate of drug-likeness (QED) is 0.734. The fourth-order valence-electron chi connectivity index (χ4n) is 4.48. The molecule has 164 valence electrons. The van der Waals surface area contributed by atoms with Gasteiger partial charge in [-0.1, -0.05) is 19.9 Å². The van der Waals surface area contributed by atoms with Crippen molar-refractivity contribution in [3.05, 3.63) is 53.5 Å². The lowest BCUT2D eigenvalue weighted by Crippen LogP contribution is -2.33. The van der Waals surface area contributed by atoms with Crippen LogP contribution >= 0.6 is 0 Å². The van der Waals surface area contributed by atoms with Gasteiger partial charge in [-0.15, -0.1) is 0 Å². The molecule has 0 aromatic carbocycles. The largest absolute Gasteiger partial charge is 0.447 e. The van der Waals surface area contributed by atoms with E-state index < -0.39 is 11.5 Å². The average molecular weight is 432 g/mol. The van der Waals surface area contributed by atoms with E-state index in [0.29, 0.717) is 36.3 Å². The Morgan fingerprint density at radius 2 is 1.84 bits per heavy atom. The molecule has 4 heterocycles. The molecular weight excluding hydrogens is 408 g/mol. The fraction of sp³-hybridized carbons (Fsp3) is 0.391. The summed E-state index contributed by atoms with van der Waals surface area (Å²) in [4.78, 5) is 46.5. The van der Waals surface area contributed by atoms with Gasteiger partial charge in [0, 0.05) is 29.6 Å². The Morgan fingerprint density at radius 1 is 1.09 bits per heavy atom. The standard InChI is InChI=1S/C23H24N6O3/c1-13-20(28-7-8-32-22(28)31)27-19(12-24-13)29-18-9-15(16-10-25-14(2)26-11-16)5-6-17(18)23(3,4)21(29)30/h5,9-12,17H,6-8H2,1-4H3. The fourth-order valence-corrected chi connectivity index (χ4v) is 4.48. The van der Waals surface area contributed by atoms with Crippen LogP contribution in [0.25, 0.3) is 5.57 Å². The van der Waals surface area contributed by atoms with Crippen LogP contribution in [0.4, 0.5) is 16.4 Å². The van der Waals surface area contributed by atoms with Crippen molar-refractivity contribution in [2.45, 2.75) is 34.1 Å². The molecule has 2 aromatic heterocycles. The molecule has 1 aliphatic carbocycles. The van der Waals surface area contributed by atoms with Gasteiger partial charge in [0.1, 0.15) is 12.4 Å². The van der Waals surface area contributed by atoms with Crippen molar-refractivity contribution >= 4 is 29.2 Å². The molecule has 9 nitrogen and oxygen atoms in total. The van der Waals surface area contributed by atoms with Gasteiger partial charge in [0.15, 0.2) is 11.6 Å². The Morgan fingerprint density at radius 3 is 2.53 bits per heavy atom. The number of hydrogen-bond donors (Lipinski definition) is 0. The molecule has 2 saturated heterocycles. The number of allylic oxidation sites excluding steroid dienone is 4. The smallest absolute Gasteiger partial charge is 0.415 e. The normalized spacial score (nSPS) is 21.9. The summed E-state index contributed by atoms with van der Waals surface area (Å²) >= 11 is 0. The van der Waals surface area contributed by atoms with E-state index in [2.05, 4.69) is 26.0 Å². The van der Waals surface area contributed by atoms with Gasteiger partial charge in [0.2, 0.25) is 5.91 Å². The van der Waals surface area contributed by atoms with Crippen LogP contribution in [0.2, 0.25) is 0 Å². The van der Waals surface area contributed by atoms with Crippen molar-refractivity contribution in [3.63, 3.8) is 0 Å². The highest BCUT2D eigenvalue weighted by Crippen LogP contribution is 2.50. The van der Waals surface area contributed by atoms with Crippen molar-refractivity contribution in [1.29, 1.82) is 0 Å². The van der Waals surface area contributed by atoms with Crippen molar-refractivity contribution in [2.24, 2.45) is 11.3 Å². The molecule has 5 rings (SSSR count). The van der Waals surface area contributed by atoms with E-state index in [9.17, 15) is 9.59 Å². The number of hydrogen-bond acceptors (Lipinski definition) is 7. The third kappa shape index (κ3) is 3.07. The molecule has 1 unspecified atom stereocenters. The topological polar surface area (TPSA) is 101 Å². The predicted octanol–water partition coefficient (Wildman–Crippen LogP) is 3.20. The molecule has 2 amide bonds. The number of carbonyl (C=O) groups excluding carboxylic acids is 2. The Labute approximate surface area is 185 Å². The maximum atomic E-state index is 13.5. The van der Waals surface area contributed by atoms with Gasteiger partial charge < -0.3 is 4.74 Å². The van der Waals surface area contributed by atoms with E-state index in [4.69, 9.17) is 4.74 Å². The number of aryl methyl sites for hydroxylation is 2. The zero-order valence-electron chi connectivity index (χ0n) is 18.5. The molecule has 2 aliphatic heterocycles. The van der Waals surface area contributed by atoms with Gasteiger partial charge >= 0.3 is 6.09 Å². The molecule has 2 aromatic rings. The van der Waals surface area contributed by atoms with Crippen LogP contribution in [0.1, 0.15) is 37.4 Å². The third-order valence-electron chi connectivity index (χ3n) is 6.40. The number of rotatable bonds is 3.